The average Bonchev–Trinajstić information content (AvgIpc) is 2.77. The SMILES string of the molecule is COc1cc(C=CC(=O)OCC(=O)c2c(N)n(C)c(=O)n(C)c2=O)cc(OC)c1OC. The zero-order chi connectivity index (χ0) is 23.3. The van der Waals surface area contributed by atoms with Crippen molar-refractivity contribution in [2.45, 2.75) is 0 Å². The zero-order valence-electron chi connectivity index (χ0n) is 17.8. The van der Waals surface area contributed by atoms with Gasteiger partial charge in [-0.1, -0.05) is 0 Å². The van der Waals surface area contributed by atoms with E-state index in [4.69, 9.17) is 24.7 Å². The van der Waals surface area contributed by atoms with E-state index in [-0.39, 0.29) is 5.82 Å². The van der Waals surface area contributed by atoms with Crippen LogP contribution in [0.2, 0.25) is 0 Å². The molecule has 1 aromatic carbocycles. The molecule has 0 aliphatic rings. The van der Waals surface area contributed by atoms with Crippen molar-refractivity contribution < 1.29 is 28.5 Å². The van der Waals surface area contributed by atoms with Crippen LogP contribution in [0, 0.1) is 0 Å². The van der Waals surface area contributed by atoms with Gasteiger partial charge in [0, 0.05) is 20.2 Å². The summed E-state index contributed by atoms with van der Waals surface area (Å²) < 4.78 is 22.3. The van der Waals surface area contributed by atoms with Crippen LogP contribution in [0.3, 0.4) is 0 Å². The van der Waals surface area contributed by atoms with E-state index in [9.17, 15) is 19.2 Å². The van der Waals surface area contributed by atoms with Crippen LogP contribution in [-0.4, -0.2) is 48.8 Å². The Morgan fingerprint density at radius 1 is 1.00 bits per heavy atom. The second-order valence-electron chi connectivity index (χ2n) is 6.29. The fourth-order valence-electron chi connectivity index (χ4n) is 2.74. The number of hydrogen-bond donors (Lipinski definition) is 1. The van der Waals surface area contributed by atoms with Crippen molar-refractivity contribution in [1.29, 1.82) is 0 Å². The maximum Gasteiger partial charge on any atom is 0.332 e. The number of rotatable bonds is 8. The molecule has 0 saturated carbocycles. The predicted octanol–water partition coefficient (Wildman–Crippen LogP) is 0.131. The summed E-state index contributed by atoms with van der Waals surface area (Å²) >= 11 is 0. The fourth-order valence-corrected chi connectivity index (χ4v) is 2.74. The van der Waals surface area contributed by atoms with Crippen molar-refractivity contribution in [3.05, 3.63) is 50.2 Å². The van der Waals surface area contributed by atoms with Gasteiger partial charge in [-0.05, 0) is 23.8 Å². The number of carbonyl (C=O) groups excluding carboxylic acids is 2. The molecule has 31 heavy (non-hydrogen) atoms. The van der Waals surface area contributed by atoms with Gasteiger partial charge in [-0.15, -0.1) is 0 Å². The molecule has 0 saturated heterocycles. The zero-order valence-corrected chi connectivity index (χ0v) is 17.8. The van der Waals surface area contributed by atoms with Crippen molar-refractivity contribution in [2.75, 3.05) is 33.7 Å². The number of benzene rings is 1. The van der Waals surface area contributed by atoms with Crippen LogP contribution in [0.5, 0.6) is 17.2 Å². The first-order valence-electron chi connectivity index (χ1n) is 8.89. The van der Waals surface area contributed by atoms with Gasteiger partial charge < -0.3 is 24.7 Å². The van der Waals surface area contributed by atoms with E-state index in [1.807, 2.05) is 0 Å². The molecule has 11 nitrogen and oxygen atoms in total. The van der Waals surface area contributed by atoms with Gasteiger partial charge in [0.2, 0.25) is 11.5 Å². The Kier molecular flexibility index (Phi) is 7.24. The summed E-state index contributed by atoms with van der Waals surface area (Å²) in [5.74, 6) is -0.781. The quantitative estimate of drug-likeness (QED) is 0.349. The summed E-state index contributed by atoms with van der Waals surface area (Å²) in [7, 11) is 6.92. The minimum atomic E-state index is -0.866. The van der Waals surface area contributed by atoms with Gasteiger partial charge >= 0.3 is 11.7 Å². The molecular weight excluding hydrogens is 410 g/mol. The molecule has 0 aliphatic carbocycles. The normalized spacial score (nSPS) is 10.7. The molecule has 1 aromatic heterocycles. The second-order valence-corrected chi connectivity index (χ2v) is 6.29. The van der Waals surface area contributed by atoms with Crippen molar-refractivity contribution >= 4 is 23.6 Å². The third kappa shape index (κ3) is 4.77. The number of ether oxygens (including phenoxy) is 4. The Morgan fingerprint density at radius 3 is 2.10 bits per heavy atom. The monoisotopic (exact) mass is 433 g/mol. The Hall–Kier alpha value is -4.02. The van der Waals surface area contributed by atoms with Gasteiger partial charge in [0.15, 0.2) is 18.1 Å². The summed E-state index contributed by atoms with van der Waals surface area (Å²) in [6, 6.07) is 3.23. The van der Waals surface area contributed by atoms with Gasteiger partial charge in [-0.3, -0.25) is 18.7 Å². The van der Waals surface area contributed by atoms with Gasteiger partial charge in [-0.2, -0.15) is 0 Å². The lowest BCUT2D eigenvalue weighted by atomic mass is 10.1. The molecule has 0 unspecified atom stereocenters. The predicted molar refractivity (Wildman–Crippen MR) is 112 cm³/mol. The van der Waals surface area contributed by atoms with E-state index in [1.165, 1.54) is 41.5 Å². The highest BCUT2D eigenvalue weighted by molar-refractivity contribution is 6.01. The van der Waals surface area contributed by atoms with E-state index >= 15 is 0 Å². The third-order valence-electron chi connectivity index (χ3n) is 4.43. The molecule has 0 fully saturated rings. The molecule has 166 valence electrons. The number of esters is 1. The number of nitrogens with zero attached hydrogens (tertiary/aromatic N) is 2. The van der Waals surface area contributed by atoms with Crippen LogP contribution in [0.4, 0.5) is 5.82 Å². The molecule has 2 rings (SSSR count). The van der Waals surface area contributed by atoms with Crippen molar-refractivity contribution in [1.82, 2.24) is 9.13 Å². The van der Waals surface area contributed by atoms with Gasteiger partial charge in [0.1, 0.15) is 11.4 Å². The van der Waals surface area contributed by atoms with Gasteiger partial charge in [0.05, 0.1) is 21.3 Å². The van der Waals surface area contributed by atoms with Crippen LogP contribution >= 0.6 is 0 Å². The molecule has 0 radical (unpaired) electrons. The van der Waals surface area contributed by atoms with Crippen LogP contribution in [0.25, 0.3) is 6.08 Å². The highest BCUT2D eigenvalue weighted by Crippen LogP contribution is 2.38. The average molecular weight is 433 g/mol. The van der Waals surface area contributed by atoms with E-state index in [0.29, 0.717) is 22.8 Å². The van der Waals surface area contributed by atoms with E-state index in [1.54, 1.807) is 12.1 Å². The number of nitrogen functional groups attached to an aromatic ring is 1. The largest absolute Gasteiger partial charge is 0.493 e. The molecule has 0 amide bonds. The van der Waals surface area contributed by atoms with E-state index < -0.39 is 35.2 Å². The second kappa shape index (κ2) is 9.65. The maximum absolute atomic E-state index is 12.4. The van der Waals surface area contributed by atoms with E-state index in [0.717, 1.165) is 15.2 Å². The number of aromatic nitrogens is 2. The summed E-state index contributed by atoms with van der Waals surface area (Å²) in [6.07, 6.45) is 2.52. The Morgan fingerprint density at radius 2 is 1.58 bits per heavy atom. The Balaban J connectivity index is 2.16. The fraction of sp³-hybridized carbons (Fsp3) is 0.300. The Labute approximate surface area is 177 Å². The summed E-state index contributed by atoms with van der Waals surface area (Å²) in [5.41, 5.74) is 4.30. The van der Waals surface area contributed by atoms with Gasteiger partial charge in [0.25, 0.3) is 5.56 Å². The molecule has 11 heteroatoms. The molecule has 0 bridgehead atoms. The first-order valence-corrected chi connectivity index (χ1v) is 8.89. The summed E-state index contributed by atoms with van der Waals surface area (Å²) in [5, 5.41) is 0. The number of carbonyl (C=O) groups is 2. The van der Waals surface area contributed by atoms with Gasteiger partial charge in [-0.25, -0.2) is 9.59 Å². The summed E-state index contributed by atoms with van der Waals surface area (Å²) in [6.45, 7) is -0.726. The van der Waals surface area contributed by atoms with Crippen molar-refractivity contribution in [3.63, 3.8) is 0 Å². The number of nitrogens with two attached hydrogens (primary N) is 1. The number of methoxy groups -OCH3 is 3. The molecule has 0 atom stereocenters. The Bertz CT molecular complexity index is 1140. The number of hydrogen-bond acceptors (Lipinski definition) is 9. The molecule has 0 spiro atoms. The highest BCUT2D eigenvalue weighted by Gasteiger charge is 2.21. The molecule has 1 heterocycles. The van der Waals surface area contributed by atoms with Crippen molar-refractivity contribution in [3.8, 4) is 17.2 Å². The van der Waals surface area contributed by atoms with Crippen molar-refractivity contribution in [2.24, 2.45) is 14.1 Å². The standard InChI is InChI=1S/C20H23N3O8/c1-22-18(21)16(19(26)23(2)20(22)27)12(24)10-31-15(25)7-6-11-8-13(28-3)17(30-5)14(9-11)29-4/h6-9H,10,21H2,1-5H3. The molecule has 2 aromatic rings. The van der Waals surface area contributed by atoms with Crippen LogP contribution < -0.4 is 31.2 Å². The molecule has 2 N–H and O–H groups in total. The molecular formula is C20H23N3O8. The lowest BCUT2D eigenvalue weighted by Crippen LogP contribution is -2.42. The highest BCUT2D eigenvalue weighted by atomic mass is 16.5. The van der Waals surface area contributed by atoms with Crippen LogP contribution in [0.15, 0.2) is 27.8 Å². The lowest BCUT2D eigenvalue weighted by molar-refractivity contribution is -0.136. The minimum absolute atomic E-state index is 0.304. The third-order valence-corrected chi connectivity index (χ3v) is 4.43. The first kappa shape index (κ1) is 23.3. The maximum atomic E-state index is 12.4. The smallest absolute Gasteiger partial charge is 0.332 e. The number of Topliss-reactive ketones (excluding diaryl/α,β-unsaturated/α-hetero) is 1. The lowest BCUT2D eigenvalue weighted by Gasteiger charge is -2.12. The summed E-state index contributed by atoms with van der Waals surface area (Å²) in [4.78, 5) is 48.4. The minimum Gasteiger partial charge on any atom is -0.493 e. The topological polar surface area (TPSA) is 141 Å². The van der Waals surface area contributed by atoms with Crippen LogP contribution in [0.1, 0.15) is 15.9 Å². The first-order chi connectivity index (χ1) is 14.7. The van der Waals surface area contributed by atoms with E-state index in [2.05, 4.69) is 0 Å². The molecule has 0 aliphatic heterocycles. The van der Waals surface area contributed by atoms with Crippen LogP contribution in [-0.2, 0) is 23.6 Å². The number of anilines is 1. The number of ketones is 1.